The van der Waals surface area contributed by atoms with E-state index < -0.39 is 0 Å². The number of aromatic nitrogens is 2. The summed E-state index contributed by atoms with van der Waals surface area (Å²) in [5, 5.41) is 2.80. The van der Waals surface area contributed by atoms with Gasteiger partial charge in [-0.05, 0) is 48.5 Å². The maximum absolute atomic E-state index is 13.9. The normalized spacial score (nSPS) is 10.8. The van der Waals surface area contributed by atoms with Crippen molar-refractivity contribution < 1.29 is 18.4 Å². The van der Waals surface area contributed by atoms with Crippen LogP contribution in [0.15, 0.2) is 77.5 Å². The molecule has 2 aromatic heterocycles. The molecular formula is C24H20FN3O3. The minimum atomic E-state index is -0.356. The molecule has 1 amide bonds. The zero-order chi connectivity index (χ0) is 21.8. The molecule has 0 fully saturated rings. The average molecular weight is 417 g/mol. The maximum atomic E-state index is 13.9. The molecule has 0 unspecified atom stereocenters. The fourth-order valence-corrected chi connectivity index (χ4v) is 3.20. The molecule has 156 valence electrons. The first kappa shape index (κ1) is 20.3. The van der Waals surface area contributed by atoms with Gasteiger partial charge in [-0.1, -0.05) is 12.1 Å². The van der Waals surface area contributed by atoms with E-state index in [0.717, 1.165) is 0 Å². The molecule has 7 heteroatoms. The van der Waals surface area contributed by atoms with Gasteiger partial charge in [0.15, 0.2) is 5.82 Å². The van der Waals surface area contributed by atoms with E-state index in [1.165, 1.54) is 6.07 Å². The number of furan rings is 1. The highest BCUT2D eigenvalue weighted by Crippen LogP contribution is 2.25. The lowest BCUT2D eigenvalue weighted by Crippen LogP contribution is -2.13. The van der Waals surface area contributed by atoms with Crippen molar-refractivity contribution in [1.82, 2.24) is 9.55 Å². The Morgan fingerprint density at radius 2 is 1.84 bits per heavy atom. The van der Waals surface area contributed by atoms with Gasteiger partial charge < -0.3 is 14.3 Å². The third-order valence-corrected chi connectivity index (χ3v) is 4.85. The van der Waals surface area contributed by atoms with Gasteiger partial charge in [0.25, 0.3) is 0 Å². The number of ketones is 1. The Kier molecular flexibility index (Phi) is 5.75. The molecule has 0 spiro atoms. The molecule has 4 aromatic rings. The average Bonchev–Trinajstić information content (AvgIpc) is 3.42. The molecule has 1 N–H and O–H groups in total. The summed E-state index contributed by atoms with van der Waals surface area (Å²) < 4.78 is 21.2. The minimum absolute atomic E-state index is 0.186. The lowest BCUT2D eigenvalue weighted by atomic mass is 10.1. The number of halogens is 1. The summed E-state index contributed by atoms with van der Waals surface area (Å²) in [5.41, 5.74) is 1.47. The Labute approximate surface area is 178 Å². The van der Waals surface area contributed by atoms with Gasteiger partial charge >= 0.3 is 0 Å². The highest BCUT2D eigenvalue weighted by Gasteiger charge is 2.14. The predicted molar refractivity (Wildman–Crippen MR) is 114 cm³/mol. The van der Waals surface area contributed by atoms with Crippen molar-refractivity contribution in [2.75, 3.05) is 5.32 Å². The molecule has 0 bridgehead atoms. The largest absolute Gasteiger partial charge is 0.461 e. The smallest absolute Gasteiger partial charge is 0.228 e. The number of nitrogens with one attached hydrogen (secondary N) is 1. The monoisotopic (exact) mass is 417 g/mol. The lowest BCUT2D eigenvalue weighted by molar-refractivity contribution is -0.116. The summed E-state index contributed by atoms with van der Waals surface area (Å²) in [6, 6.07) is 16.5. The van der Waals surface area contributed by atoms with Crippen molar-refractivity contribution in [1.29, 1.82) is 0 Å². The first-order chi connectivity index (χ1) is 15.0. The highest BCUT2D eigenvalue weighted by molar-refractivity contribution is 6.07. The van der Waals surface area contributed by atoms with E-state index in [4.69, 9.17) is 4.42 Å². The Hall–Kier alpha value is -4.00. The van der Waals surface area contributed by atoms with Crippen molar-refractivity contribution in [2.24, 2.45) is 7.05 Å². The van der Waals surface area contributed by atoms with Crippen molar-refractivity contribution in [3.8, 4) is 11.3 Å². The summed E-state index contributed by atoms with van der Waals surface area (Å²) in [6.07, 6.45) is 3.87. The van der Waals surface area contributed by atoms with Crippen LogP contribution in [0.25, 0.3) is 11.3 Å². The third kappa shape index (κ3) is 4.61. The SMILES string of the molecule is Cn1ccnc1C(=O)c1ccc(NC(=O)CCc2ccc(-c3ccccc3F)o2)cc1. The zero-order valence-electron chi connectivity index (χ0n) is 16.8. The van der Waals surface area contributed by atoms with E-state index in [2.05, 4.69) is 10.3 Å². The van der Waals surface area contributed by atoms with Crippen LogP contribution in [-0.2, 0) is 18.3 Å². The molecule has 0 saturated heterocycles. The number of rotatable bonds is 7. The van der Waals surface area contributed by atoms with E-state index in [-0.39, 0.29) is 23.9 Å². The number of carbonyl (C=O) groups excluding carboxylic acids is 2. The highest BCUT2D eigenvalue weighted by atomic mass is 19.1. The Balaban J connectivity index is 1.33. The number of nitrogens with zero attached hydrogens (tertiary/aromatic N) is 2. The van der Waals surface area contributed by atoms with Crippen LogP contribution < -0.4 is 5.32 Å². The Morgan fingerprint density at radius 1 is 1.06 bits per heavy atom. The van der Waals surface area contributed by atoms with E-state index >= 15 is 0 Å². The number of hydrogen-bond donors (Lipinski definition) is 1. The second-order valence-corrected chi connectivity index (χ2v) is 7.06. The van der Waals surface area contributed by atoms with E-state index in [9.17, 15) is 14.0 Å². The van der Waals surface area contributed by atoms with E-state index in [1.807, 2.05) is 0 Å². The van der Waals surface area contributed by atoms with Gasteiger partial charge in [0, 0.05) is 43.5 Å². The molecule has 6 nitrogen and oxygen atoms in total. The summed E-state index contributed by atoms with van der Waals surface area (Å²) in [7, 11) is 1.76. The van der Waals surface area contributed by atoms with Gasteiger partial charge in [-0.25, -0.2) is 9.37 Å². The van der Waals surface area contributed by atoms with Crippen molar-refractivity contribution in [3.63, 3.8) is 0 Å². The lowest BCUT2D eigenvalue weighted by Gasteiger charge is -2.06. The van der Waals surface area contributed by atoms with Crippen molar-refractivity contribution in [2.45, 2.75) is 12.8 Å². The Bertz CT molecular complexity index is 1220. The van der Waals surface area contributed by atoms with Crippen molar-refractivity contribution >= 4 is 17.4 Å². The van der Waals surface area contributed by atoms with Crippen LogP contribution in [0.3, 0.4) is 0 Å². The van der Waals surface area contributed by atoms with Gasteiger partial charge in [-0.15, -0.1) is 0 Å². The second kappa shape index (κ2) is 8.79. The molecule has 0 atom stereocenters. The number of amides is 1. The quantitative estimate of drug-likeness (QED) is 0.445. The Morgan fingerprint density at radius 3 is 2.55 bits per heavy atom. The number of carbonyl (C=O) groups is 2. The van der Waals surface area contributed by atoms with Crippen LogP contribution >= 0.6 is 0 Å². The fourth-order valence-electron chi connectivity index (χ4n) is 3.20. The molecule has 0 saturated carbocycles. The van der Waals surface area contributed by atoms with E-state index in [0.29, 0.717) is 40.6 Å². The number of aryl methyl sites for hydroxylation is 2. The molecule has 0 aliphatic heterocycles. The van der Waals surface area contributed by atoms with Crippen LogP contribution in [0, 0.1) is 5.82 Å². The van der Waals surface area contributed by atoms with Crippen LogP contribution in [-0.4, -0.2) is 21.2 Å². The molecule has 2 heterocycles. The number of anilines is 1. The van der Waals surface area contributed by atoms with Crippen LogP contribution in [0.4, 0.5) is 10.1 Å². The van der Waals surface area contributed by atoms with Gasteiger partial charge in [-0.3, -0.25) is 9.59 Å². The molecule has 2 aromatic carbocycles. The molecular weight excluding hydrogens is 397 g/mol. The number of benzene rings is 2. The molecule has 31 heavy (non-hydrogen) atoms. The standard InChI is InChI=1S/C24H20FN3O3/c1-28-15-14-26-24(28)23(30)16-6-8-17(9-7-16)27-22(29)13-11-18-10-12-21(31-18)19-4-2-3-5-20(19)25/h2-10,12,14-15H,11,13H2,1H3,(H,27,29). The van der Waals surface area contributed by atoms with Crippen LogP contribution in [0.1, 0.15) is 28.4 Å². The van der Waals surface area contributed by atoms with Crippen LogP contribution in [0.5, 0.6) is 0 Å². The van der Waals surface area contributed by atoms with Gasteiger partial charge in [-0.2, -0.15) is 0 Å². The first-order valence-electron chi connectivity index (χ1n) is 9.77. The minimum Gasteiger partial charge on any atom is -0.461 e. The number of imidazole rings is 1. The molecule has 0 radical (unpaired) electrons. The summed E-state index contributed by atoms with van der Waals surface area (Å²) in [4.78, 5) is 28.8. The summed E-state index contributed by atoms with van der Waals surface area (Å²) in [6.45, 7) is 0. The number of hydrogen-bond acceptors (Lipinski definition) is 4. The van der Waals surface area contributed by atoms with E-state index in [1.54, 1.807) is 78.6 Å². The van der Waals surface area contributed by atoms with Crippen LogP contribution in [0.2, 0.25) is 0 Å². The topological polar surface area (TPSA) is 77.1 Å². The zero-order valence-corrected chi connectivity index (χ0v) is 16.8. The van der Waals surface area contributed by atoms with Gasteiger partial charge in [0.1, 0.15) is 17.3 Å². The molecule has 0 aliphatic carbocycles. The van der Waals surface area contributed by atoms with Crippen molar-refractivity contribution in [3.05, 3.63) is 96.0 Å². The van der Waals surface area contributed by atoms with Gasteiger partial charge in [0.2, 0.25) is 11.7 Å². The summed E-state index contributed by atoms with van der Waals surface area (Å²) in [5.74, 6) is 0.655. The second-order valence-electron chi connectivity index (χ2n) is 7.06. The maximum Gasteiger partial charge on any atom is 0.228 e. The fraction of sp³-hybridized carbons (Fsp3) is 0.125. The summed E-state index contributed by atoms with van der Waals surface area (Å²) >= 11 is 0. The molecule has 4 rings (SSSR count). The third-order valence-electron chi connectivity index (χ3n) is 4.85. The first-order valence-corrected chi connectivity index (χ1v) is 9.77. The van der Waals surface area contributed by atoms with Gasteiger partial charge in [0.05, 0.1) is 5.56 Å². The molecule has 0 aliphatic rings. The predicted octanol–water partition coefficient (Wildman–Crippen LogP) is 4.62.